The molecule has 1 aliphatic rings. The average Bonchev–Trinajstić information content (AvgIpc) is 2.83. The van der Waals surface area contributed by atoms with Crippen LogP contribution in [-0.4, -0.2) is 53.4 Å². The quantitative estimate of drug-likeness (QED) is 0.882. The van der Waals surface area contributed by atoms with Crippen molar-refractivity contribution in [1.82, 2.24) is 14.8 Å². The van der Waals surface area contributed by atoms with E-state index >= 15 is 0 Å². The molecule has 0 saturated carbocycles. The van der Waals surface area contributed by atoms with Gasteiger partial charge in [0.05, 0.1) is 10.7 Å². The van der Waals surface area contributed by atoms with E-state index in [1.54, 1.807) is 11.3 Å². The van der Waals surface area contributed by atoms with Gasteiger partial charge >= 0.3 is 0 Å². The van der Waals surface area contributed by atoms with Crippen molar-refractivity contribution in [3.8, 4) is 0 Å². The number of nitrogens with two attached hydrogens (primary N) is 1. The average molecular weight is 282 g/mol. The Morgan fingerprint density at radius 2 is 2.16 bits per heavy atom. The highest BCUT2D eigenvalue weighted by molar-refractivity contribution is 7.09. The van der Waals surface area contributed by atoms with Crippen molar-refractivity contribution in [2.24, 2.45) is 11.7 Å². The highest BCUT2D eigenvalue weighted by Gasteiger charge is 2.24. The number of nitrogens with zero attached hydrogens (tertiary/aromatic N) is 3. The summed E-state index contributed by atoms with van der Waals surface area (Å²) in [4.78, 5) is 20.8. The van der Waals surface area contributed by atoms with Crippen LogP contribution >= 0.6 is 11.3 Å². The van der Waals surface area contributed by atoms with Gasteiger partial charge in [-0.2, -0.15) is 0 Å². The molecule has 5 nitrogen and oxygen atoms in total. The second kappa shape index (κ2) is 6.45. The van der Waals surface area contributed by atoms with Crippen LogP contribution in [0.25, 0.3) is 0 Å². The fraction of sp³-hybridized carbons (Fsp3) is 0.692. The zero-order valence-electron chi connectivity index (χ0n) is 11.6. The second-order valence-electron chi connectivity index (χ2n) is 5.10. The normalized spacial score (nSPS) is 18.6. The Balaban J connectivity index is 1.81. The minimum absolute atomic E-state index is 0.0623. The number of hydrogen-bond acceptors (Lipinski definition) is 5. The number of aryl methyl sites for hydroxylation is 1. The van der Waals surface area contributed by atoms with Crippen molar-refractivity contribution in [3.63, 3.8) is 0 Å². The molecule has 0 aromatic carbocycles. The summed E-state index contributed by atoms with van der Waals surface area (Å²) in [6.45, 7) is 8.67. The van der Waals surface area contributed by atoms with Gasteiger partial charge in [0, 0.05) is 50.6 Å². The fourth-order valence-corrected chi connectivity index (χ4v) is 2.85. The number of amides is 1. The summed E-state index contributed by atoms with van der Waals surface area (Å²) in [6.07, 6.45) is 0. The van der Waals surface area contributed by atoms with Crippen LogP contribution in [0.4, 0.5) is 0 Å². The Morgan fingerprint density at radius 1 is 1.47 bits per heavy atom. The number of carbonyl (C=O) groups is 1. The van der Waals surface area contributed by atoms with Crippen molar-refractivity contribution in [3.05, 3.63) is 16.1 Å². The molecule has 19 heavy (non-hydrogen) atoms. The summed E-state index contributed by atoms with van der Waals surface area (Å²) in [5.74, 6) is 0.124. The number of hydrogen-bond donors (Lipinski definition) is 1. The molecule has 1 fully saturated rings. The molecule has 0 spiro atoms. The molecule has 1 aromatic heterocycles. The van der Waals surface area contributed by atoms with E-state index in [2.05, 4.69) is 15.3 Å². The lowest BCUT2D eigenvalue weighted by atomic mass is 10.1. The molecule has 0 aliphatic carbocycles. The first-order valence-electron chi connectivity index (χ1n) is 6.72. The van der Waals surface area contributed by atoms with Crippen LogP contribution in [0.3, 0.4) is 0 Å². The topological polar surface area (TPSA) is 62.5 Å². The predicted molar refractivity (Wildman–Crippen MR) is 76.9 cm³/mol. The highest BCUT2D eigenvalue weighted by atomic mass is 32.1. The van der Waals surface area contributed by atoms with Crippen molar-refractivity contribution < 1.29 is 4.79 Å². The van der Waals surface area contributed by atoms with Crippen LogP contribution < -0.4 is 5.73 Å². The first kappa shape index (κ1) is 14.4. The zero-order chi connectivity index (χ0) is 13.8. The lowest BCUT2D eigenvalue weighted by molar-refractivity contribution is -0.136. The van der Waals surface area contributed by atoms with Gasteiger partial charge in [0.2, 0.25) is 5.91 Å². The summed E-state index contributed by atoms with van der Waals surface area (Å²) in [5.41, 5.74) is 6.68. The molecule has 1 aromatic rings. The molecular weight excluding hydrogens is 260 g/mol. The van der Waals surface area contributed by atoms with Crippen molar-refractivity contribution in [2.75, 3.05) is 32.7 Å². The molecule has 2 N–H and O–H groups in total. The van der Waals surface area contributed by atoms with E-state index in [0.717, 1.165) is 43.4 Å². The van der Waals surface area contributed by atoms with E-state index in [1.165, 1.54) is 0 Å². The summed E-state index contributed by atoms with van der Waals surface area (Å²) < 4.78 is 0. The van der Waals surface area contributed by atoms with Gasteiger partial charge in [0.25, 0.3) is 0 Å². The standard InChI is InChI=1S/C13H22N4OS/c1-10(7-14)13(18)17-5-3-16(4-6-17)8-12-9-19-11(2)15-12/h9-10H,3-8,14H2,1-2H3. The number of thiazole rings is 1. The van der Waals surface area contributed by atoms with E-state index in [4.69, 9.17) is 5.73 Å². The maximum absolute atomic E-state index is 12.0. The Bertz CT molecular complexity index is 426. The highest BCUT2D eigenvalue weighted by Crippen LogP contribution is 2.13. The smallest absolute Gasteiger partial charge is 0.226 e. The van der Waals surface area contributed by atoms with Gasteiger partial charge in [-0.1, -0.05) is 6.92 Å². The molecular formula is C13H22N4OS. The summed E-state index contributed by atoms with van der Waals surface area (Å²) in [6, 6.07) is 0. The molecule has 0 bridgehead atoms. The van der Waals surface area contributed by atoms with Gasteiger partial charge in [-0.3, -0.25) is 9.69 Å². The molecule has 2 rings (SSSR count). The Hall–Kier alpha value is -0.980. The first-order valence-corrected chi connectivity index (χ1v) is 7.60. The van der Waals surface area contributed by atoms with E-state index in [9.17, 15) is 4.79 Å². The van der Waals surface area contributed by atoms with Crippen LogP contribution in [0.5, 0.6) is 0 Å². The van der Waals surface area contributed by atoms with Crippen molar-refractivity contribution in [1.29, 1.82) is 0 Å². The molecule has 1 atom stereocenters. The molecule has 106 valence electrons. The molecule has 1 saturated heterocycles. The van der Waals surface area contributed by atoms with Gasteiger partial charge in [0.1, 0.15) is 0 Å². The van der Waals surface area contributed by atoms with Crippen LogP contribution in [0, 0.1) is 12.8 Å². The Kier molecular flexibility index (Phi) is 4.90. The monoisotopic (exact) mass is 282 g/mol. The SMILES string of the molecule is Cc1nc(CN2CCN(C(=O)C(C)CN)CC2)cs1. The minimum Gasteiger partial charge on any atom is -0.340 e. The first-order chi connectivity index (χ1) is 9.10. The molecule has 1 aliphatic heterocycles. The summed E-state index contributed by atoms with van der Waals surface area (Å²) in [7, 11) is 0. The molecule has 1 unspecified atom stereocenters. The predicted octanol–water partition coefficient (Wildman–Crippen LogP) is 0.691. The van der Waals surface area contributed by atoms with Crippen molar-refractivity contribution >= 4 is 17.2 Å². The minimum atomic E-state index is -0.0623. The van der Waals surface area contributed by atoms with Gasteiger partial charge in [0.15, 0.2) is 0 Å². The summed E-state index contributed by atoms with van der Waals surface area (Å²) >= 11 is 1.69. The molecule has 2 heterocycles. The number of aromatic nitrogens is 1. The number of carbonyl (C=O) groups excluding carboxylic acids is 1. The maximum Gasteiger partial charge on any atom is 0.226 e. The third-order valence-corrected chi connectivity index (χ3v) is 4.33. The molecule has 0 radical (unpaired) electrons. The third kappa shape index (κ3) is 3.75. The van der Waals surface area contributed by atoms with Crippen molar-refractivity contribution in [2.45, 2.75) is 20.4 Å². The van der Waals surface area contributed by atoms with Crippen LogP contribution in [0.2, 0.25) is 0 Å². The van der Waals surface area contributed by atoms with Crippen LogP contribution in [0.15, 0.2) is 5.38 Å². The lowest BCUT2D eigenvalue weighted by Gasteiger charge is -2.35. The van der Waals surface area contributed by atoms with E-state index in [-0.39, 0.29) is 11.8 Å². The van der Waals surface area contributed by atoms with E-state index in [0.29, 0.717) is 6.54 Å². The van der Waals surface area contributed by atoms with Gasteiger partial charge in [-0.05, 0) is 6.92 Å². The summed E-state index contributed by atoms with van der Waals surface area (Å²) in [5, 5.41) is 3.23. The Labute approximate surface area is 118 Å². The third-order valence-electron chi connectivity index (χ3n) is 3.51. The van der Waals surface area contributed by atoms with E-state index < -0.39 is 0 Å². The molecule has 6 heteroatoms. The zero-order valence-corrected chi connectivity index (χ0v) is 12.4. The van der Waals surface area contributed by atoms with Gasteiger partial charge in [-0.15, -0.1) is 11.3 Å². The Morgan fingerprint density at radius 3 is 2.68 bits per heavy atom. The number of rotatable bonds is 4. The molecule has 1 amide bonds. The van der Waals surface area contributed by atoms with Gasteiger partial charge in [-0.25, -0.2) is 4.98 Å². The van der Waals surface area contributed by atoms with E-state index in [1.807, 2.05) is 18.7 Å². The fourth-order valence-electron chi connectivity index (χ4n) is 2.25. The largest absolute Gasteiger partial charge is 0.340 e. The van der Waals surface area contributed by atoms with Crippen LogP contribution in [0.1, 0.15) is 17.6 Å². The number of piperazine rings is 1. The maximum atomic E-state index is 12.0. The lowest BCUT2D eigenvalue weighted by Crippen LogP contribution is -2.50. The second-order valence-corrected chi connectivity index (χ2v) is 6.16. The van der Waals surface area contributed by atoms with Crippen LogP contribution in [-0.2, 0) is 11.3 Å². The van der Waals surface area contributed by atoms with Gasteiger partial charge < -0.3 is 10.6 Å².